The fourth-order valence-electron chi connectivity index (χ4n) is 0.853. The van der Waals surface area contributed by atoms with Crippen molar-refractivity contribution in [2.24, 2.45) is 0 Å². The van der Waals surface area contributed by atoms with Crippen LogP contribution in [0.25, 0.3) is 0 Å². The van der Waals surface area contributed by atoms with E-state index in [1.54, 1.807) is 0 Å². The molecule has 9 heteroatoms. The van der Waals surface area contributed by atoms with Gasteiger partial charge in [-0.3, -0.25) is 4.79 Å². The minimum atomic E-state index is -5.24. The van der Waals surface area contributed by atoms with Crippen LogP contribution in [0.4, 0.5) is 13.2 Å². The molecule has 0 spiro atoms. The molecule has 94 valence electrons. The Balaban J connectivity index is 2.98. The zero-order chi connectivity index (χ0) is 13.3. The fourth-order valence-corrected chi connectivity index (χ4v) is 2.18. The summed E-state index contributed by atoms with van der Waals surface area (Å²) in [6.45, 7) is 0. The van der Waals surface area contributed by atoms with Crippen LogP contribution in [0.1, 0.15) is 0 Å². The molecule has 0 bridgehead atoms. The summed E-state index contributed by atoms with van der Waals surface area (Å²) in [6.07, 6.45) is -5.24. The van der Waals surface area contributed by atoms with Gasteiger partial charge in [0.2, 0.25) is 0 Å². The number of benzene rings is 1. The molecule has 1 aromatic rings. The first kappa shape index (κ1) is 14.2. The van der Waals surface area contributed by atoms with E-state index in [0.29, 0.717) is 3.57 Å². The second-order valence-corrected chi connectivity index (χ2v) is 5.81. The van der Waals surface area contributed by atoms with Gasteiger partial charge in [0.05, 0.1) is 4.90 Å². The van der Waals surface area contributed by atoms with Gasteiger partial charge < -0.3 is 0 Å². The van der Waals surface area contributed by atoms with E-state index in [2.05, 4.69) is 0 Å². The molecule has 1 rings (SSSR count). The lowest BCUT2D eigenvalue weighted by molar-refractivity contribution is -0.171. The highest BCUT2D eigenvalue weighted by Gasteiger charge is 2.41. The normalized spacial score (nSPS) is 12.2. The Kier molecular flexibility index (Phi) is 4.02. The van der Waals surface area contributed by atoms with E-state index in [4.69, 9.17) is 0 Å². The van der Waals surface area contributed by atoms with Crippen LogP contribution in [0.3, 0.4) is 0 Å². The first-order chi connectivity index (χ1) is 7.63. The zero-order valence-electron chi connectivity index (χ0n) is 7.95. The maximum atomic E-state index is 11.9. The smallest absolute Gasteiger partial charge is 0.263 e. The van der Waals surface area contributed by atoms with E-state index >= 15 is 0 Å². The van der Waals surface area contributed by atoms with E-state index in [0.717, 1.165) is 16.9 Å². The van der Waals surface area contributed by atoms with Gasteiger partial charge in [-0.05, 0) is 46.9 Å². The minimum Gasteiger partial charge on any atom is -0.263 e. The van der Waals surface area contributed by atoms with Crippen LogP contribution in [-0.2, 0) is 14.8 Å². The van der Waals surface area contributed by atoms with Gasteiger partial charge in [-0.2, -0.15) is 13.2 Å². The molecule has 1 amide bonds. The molecule has 1 aromatic carbocycles. The predicted molar refractivity (Wildman–Crippen MR) is 60.5 cm³/mol. The van der Waals surface area contributed by atoms with Gasteiger partial charge in [-0.15, -0.1) is 0 Å². The molecule has 0 radical (unpaired) electrons. The topological polar surface area (TPSA) is 63.2 Å². The summed E-state index contributed by atoms with van der Waals surface area (Å²) in [5.41, 5.74) is 0. The van der Waals surface area contributed by atoms with E-state index in [1.165, 1.54) is 12.1 Å². The summed E-state index contributed by atoms with van der Waals surface area (Å²) in [5.74, 6) is -2.52. The molecular weight excluding hydrogens is 374 g/mol. The molecule has 0 fully saturated rings. The third-order valence-corrected chi connectivity index (χ3v) is 3.67. The average molecular weight is 379 g/mol. The van der Waals surface area contributed by atoms with Crippen molar-refractivity contribution in [3.63, 3.8) is 0 Å². The molecule has 0 saturated heterocycles. The Morgan fingerprint density at radius 3 is 2.06 bits per heavy atom. The van der Waals surface area contributed by atoms with Gasteiger partial charge in [-0.1, -0.05) is 0 Å². The van der Waals surface area contributed by atoms with Gasteiger partial charge in [0, 0.05) is 3.57 Å². The number of halogens is 4. The molecule has 0 aliphatic rings. The molecule has 0 aliphatic carbocycles. The van der Waals surface area contributed by atoms with Crippen LogP contribution in [0.15, 0.2) is 29.2 Å². The monoisotopic (exact) mass is 379 g/mol. The van der Waals surface area contributed by atoms with Gasteiger partial charge >= 0.3 is 12.1 Å². The van der Waals surface area contributed by atoms with Crippen molar-refractivity contribution in [3.05, 3.63) is 27.8 Å². The Morgan fingerprint density at radius 2 is 1.65 bits per heavy atom. The lowest BCUT2D eigenvalue weighted by Gasteiger charge is -2.08. The lowest BCUT2D eigenvalue weighted by Crippen LogP contribution is -2.40. The molecule has 0 aliphatic heterocycles. The van der Waals surface area contributed by atoms with Crippen LogP contribution in [0, 0.1) is 3.57 Å². The third-order valence-electron chi connectivity index (χ3n) is 1.61. The number of alkyl halides is 3. The maximum Gasteiger partial charge on any atom is 0.472 e. The minimum absolute atomic E-state index is 0.407. The maximum absolute atomic E-state index is 11.9. The molecule has 4 nitrogen and oxygen atoms in total. The van der Waals surface area contributed by atoms with Crippen molar-refractivity contribution >= 4 is 38.5 Å². The zero-order valence-corrected chi connectivity index (χ0v) is 10.9. The van der Waals surface area contributed by atoms with Gasteiger partial charge in [0.15, 0.2) is 0 Å². The highest BCUT2D eigenvalue weighted by Crippen LogP contribution is 2.17. The molecule has 17 heavy (non-hydrogen) atoms. The van der Waals surface area contributed by atoms with E-state index in [9.17, 15) is 26.4 Å². The van der Waals surface area contributed by atoms with Crippen LogP contribution in [-0.4, -0.2) is 20.5 Å². The fraction of sp³-hybridized carbons (Fsp3) is 0.125. The molecule has 0 saturated carbocycles. The van der Waals surface area contributed by atoms with E-state index < -0.39 is 27.0 Å². The third kappa shape index (κ3) is 3.84. The van der Waals surface area contributed by atoms with Crippen LogP contribution >= 0.6 is 22.6 Å². The SMILES string of the molecule is O=C(NS(=O)(=O)c1ccc(I)cc1)C(F)(F)F. The van der Waals surface area contributed by atoms with Crippen molar-refractivity contribution in [1.29, 1.82) is 0 Å². The Labute approximate surface area is 108 Å². The quantitative estimate of drug-likeness (QED) is 0.796. The molecule has 0 aromatic heterocycles. The van der Waals surface area contributed by atoms with E-state index in [-0.39, 0.29) is 0 Å². The average Bonchev–Trinajstić information content (AvgIpc) is 2.16. The van der Waals surface area contributed by atoms with Crippen LogP contribution in [0.2, 0.25) is 0 Å². The summed E-state index contributed by atoms with van der Waals surface area (Å²) in [7, 11) is -4.48. The number of rotatable bonds is 2. The van der Waals surface area contributed by atoms with Gasteiger partial charge in [0.1, 0.15) is 0 Å². The lowest BCUT2D eigenvalue weighted by atomic mass is 10.4. The van der Waals surface area contributed by atoms with Gasteiger partial charge in [0.25, 0.3) is 10.0 Å². The number of sulfonamides is 1. The van der Waals surface area contributed by atoms with Crippen molar-refractivity contribution < 1.29 is 26.4 Å². The number of hydrogen-bond donors (Lipinski definition) is 1. The summed E-state index contributed by atoms with van der Waals surface area (Å²) in [5, 5.41) is 0. The number of carbonyl (C=O) groups is 1. The molecular formula is C8H5F3INO3S. The number of nitrogens with one attached hydrogen (secondary N) is 1. The Bertz CT molecular complexity index is 524. The predicted octanol–water partition coefficient (Wildman–Crippen LogP) is 1.66. The molecule has 1 N–H and O–H groups in total. The number of carbonyl (C=O) groups excluding carboxylic acids is 1. The molecule has 0 heterocycles. The van der Waals surface area contributed by atoms with Crippen molar-refractivity contribution in [3.8, 4) is 0 Å². The summed E-state index contributed by atoms with van der Waals surface area (Å²) < 4.78 is 60.0. The van der Waals surface area contributed by atoms with Crippen molar-refractivity contribution in [2.75, 3.05) is 0 Å². The van der Waals surface area contributed by atoms with E-state index in [1.807, 2.05) is 22.6 Å². The van der Waals surface area contributed by atoms with Crippen LogP contribution in [0.5, 0.6) is 0 Å². The first-order valence-corrected chi connectivity index (χ1v) is 6.58. The molecule has 0 unspecified atom stereocenters. The highest BCUT2D eigenvalue weighted by atomic mass is 127. The van der Waals surface area contributed by atoms with Gasteiger partial charge in [-0.25, -0.2) is 13.1 Å². The first-order valence-electron chi connectivity index (χ1n) is 4.02. The molecule has 0 atom stereocenters. The number of amides is 1. The standard InChI is InChI=1S/C8H5F3INO3S/c9-8(10,11)7(14)13-17(15,16)6-3-1-5(12)2-4-6/h1-4H,(H,13,14). The largest absolute Gasteiger partial charge is 0.472 e. The Hall–Kier alpha value is -0.840. The summed E-state index contributed by atoms with van der Waals surface area (Å²) in [6, 6.07) is 5.00. The second kappa shape index (κ2) is 4.80. The second-order valence-electron chi connectivity index (χ2n) is 2.89. The van der Waals surface area contributed by atoms with Crippen molar-refractivity contribution in [2.45, 2.75) is 11.1 Å². The summed E-state index contributed by atoms with van der Waals surface area (Å²) in [4.78, 5) is 10.1. The number of hydrogen-bond acceptors (Lipinski definition) is 3. The highest BCUT2D eigenvalue weighted by molar-refractivity contribution is 14.1. The summed E-state index contributed by atoms with van der Waals surface area (Å²) >= 11 is 1.90. The van der Waals surface area contributed by atoms with Crippen molar-refractivity contribution in [1.82, 2.24) is 4.72 Å². The van der Waals surface area contributed by atoms with Crippen LogP contribution < -0.4 is 4.72 Å². The Morgan fingerprint density at radius 1 is 1.18 bits per heavy atom.